The Labute approximate surface area is 105 Å². The van der Waals surface area contributed by atoms with E-state index in [1.807, 2.05) is 0 Å². The van der Waals surface area contributed by atoms with Gasteiger partial charge in [-0.1, -0.05) is 5.21 Å². The molecule has 0 unspecified atom stereocenters. The van der Waals surface area contributed by atoms with Gasteiger partial charge in [0.05, 0.1) is 6.61 Å². The first-order chi connectivity index (χ1) is 9.13. The molecule has 0 bridgehead atoms. The number of aliphatic hydroxyl groups excluding tert-OH is 3. The van der Waals surface area contributed by atoms with Crippen molar-refractivity contribution >= 4 is 11.2 Å². The molecule has 10 heteroatoms. The van der Waals surface area contributed by atoms with Gasteiger partial charge in [-0.05, 0) is 0 Å². The van der Waals surface area contributed by atoms with Crippen LogP contribution in [-0.4, -0.2) is 70.3 Å². The molecule has 10 nitrogen and oxygen atoms in total. The van der Waals surface area contributed by atoms with Gasteiger partial charge in [0.1, 0.15) is 24.6 Å². The molecule has 0 saturated carbocycles. The molecular weight excluding hydrogens is 258 g/mol. The summed E-state index contributed by atoms with van der Waals surface area (Å²) in [6, 6.07) is 0. The van der Waals surface area contributed by atoms with Crippen LogP contribution in [0, 0.1) is 0 Å². The summed E-state index contributed by atoms with van der Waals surface area (Å²) in [5.74, 6) is -0.344. The van der Waals surface area contributed by atoms with Crippen molar-refractivity contribution in [1.29, 1.82) is 0 Å². The Morgan fingerprint density at radius 2 is 2.05 bits per heavy atom. The maximum atomic E-state index is 9.88. The van der Waals surface area contributed by atoms with E-state index >= 15 is 0 Å². The molecule has 2 aromatic rings. The second-order valence-corrected chi connectivity index (χ2v) is 4.13. The number of hydrogen-bond donors (Lipinski definition) is 4. The van der Waals surface area contributed by atoms with E-state index in [9.17, 15) is 15.3 Å². The van der Waals surface area contributed by atoms with Crippen LogP contribution in [0.4, 0.5) is 0 Å². The van der Waals surface area contributed by atoms with Crippen LogP contribution in [0.2, 0.25) is 0 Å². The first-order valence-corrected chi connectivity index (χ1v) is 5.50. The van der Waals surface area contributed by atoms with Crippen LogP contribution in [0.3, 0.4) is 0 Å². The lowest BCUT2D eigenvalue weighted by Gasteiger charge is -2.14. The molecule has 1 aliphatic rings. The van der Waals surface area contributed by atoms with Crippen molar-refractivity contribution < 1.29 is 25.2 Å². The van der Waals surface area contributed by atoms with Gasteiger partial charge in [0, 0.05) is 0 Å². The third-order valence-corrected chi connectivity index (χ3v) is 3.00. The first-order valence-electron chi connectivity index (χ1n) is 5.50. The van der Waals surface area contributed by atoms with Crippen LogP contribution in [-0.2, 0) is 4.74 Å². The van der Waals surface area contributed by atoms with Crippen molar-refractivity contribution in [3.05, 3.63) is 6.33 Å². The Kier molecular flexibility index (Phi) is 2.78. The highest BCUT2D eigenvalue weighted by Crippen LogP contribution is 2.31. The van der Waals surface area contributed by atoms with Gasteiger partial charge in [0.25, 0.3) is 0 Å². The standard InChI is InChI=1S/C9H11N5O5/c15-1-3-5(16)6(17)9(19-3)14-7-4(12-13-14)8(18)11-2-10-7/h2-3,5-6,9,15-17H,1H2,(H,10,11,18)/t3-,5-,6-,9-/m1/s1. The molecule has 0 amide bonds. The number of aliphatic hydroxyl groups is 3. The average Bonchev–Trinajstić information content (AvgIpc) is 2.94. The number of aromatic hydroxyl groups is 1. The fourth-order valence-electron chi connectivity index (χ4n) is 2.01. The first kappa shape index (κ1) is 12.2. The van der Waals surface area contributed by atoms with Crippen LogP contribution >= 0.6 is 0 Å². The SMILES string of the molecule is OC[C@H]1O[C@@H](n2nnc3c(O)ncnc32)[C@H](O)[C@@H]1O. The summed E-state index contributed by atoms with van der Waals surface area (Å²) >= 11 is 0. The van der Waals surface area contributed by atoms with Crippen LogP contribution in [0.1, 0.15) is 6.23 Å². The maximum absolute atomic E-state index is 9.88. The third kappa shape index (κ3) is 1.73. The molecule has 0 aliphatic carbocycles. The Bertz CT molecular complexity index is 604. The Morgan fingerprint density at radius 3 is 2.74 bits per heavy atom. The minimum Gasteiger partial charge on any atom is -0.492 e. The van der Waals surface area contributed by atoms with Gasteiger partial charge in [-0.25, -0.2) is 4.98 Å². The quantitative estimate of drug-likeness (QED) is 0.466. The highest BCUT2D eigenvalue weighted by Gasteiger charge is 2.44. The highest BCUT2D eigenvalue weighted by molar-refractivity contribution is 5.74. The van der Waals surface area contributed by atoms with Crippen molar-refractivity contribution in [2.75, 3.05) is 6.61 Å². The second kappa shape index (κ2) is 4.35. The summed E-state index contributed by atoms with van der Waals surface area (Å²) in [5.41, 5.74) is 0.211. The zero-order valence-electron chi connectivity index (χ0n) is 9.53. The number of rotatable bonds is 2. The minimum absolute atomic E-state index is 0.0558. The Morgan fingerprint density at radius 1 is 1.26 bits per heavy atom. The van der Waals surface area contributed by atoms with E-state index in [0.717, 1.165) is 11.0 Å². The van der Waals surface area contributed by atoms with Gasteiger partial charge in [-0.2, -0.15) is 9.67 Å². The van der Waals surface area contributed by atoms with Crippen molar-refractivity contribution in [3.8, 4) is 5.88 Å². The molecule has 102 valence electrons. The van der Waals surface area contributed by atoms with Crippen molar-refractivity contribution in [2.24, 2.45) is 0 Å². The topological polar surface area (TPSA) is 147 Å². The van der Waals surface area contributed by atoms with Gasteiger partial charge in [0.15, 0.2) is 17.4 Å². The van der Waals surface area contributed by atoms with E-state index < -0.39 is 31.1 Å². The molecule has 1 fully saturated rings. The summed E-state index contributed by atoms with van der Waals surface area (Å²) in [4.78, 5) is 7.44. The zero-order valence-corrected chi connectivity index (χ0v) is 9.53. The molecule has 1 aliphatic heterocycles. The molecule has 4 atom stereocenters. The predicted molar refractivity (Wildman–Crippen MR) is 57.8 cm³/mol. The zero-order chi connectivity index (χ0) is 13.6. The number of hydrogen-bond acceptors (Lipinski definition) is 9. The minimum atomic E-state index is -1.29. The van der Waals surface area contributed by atoms with Gasteiger partial charge in [0.2, 0.25) is 5.88 Å². The average molecular weight is 269 g/mol. The molecule has 3 rings (SSSR count). The predicted octanol–water partition coefficient (Wildman–Crippen LogP) is -2.46. The molecule has 2 aromatic heterocycles. The molecule has 0 spiro atoms. The van der Waals surface area contributed by atoms with E-state index in [1.165, 1.54) is 0 Å². The normalized spacial score (nSPS) is 31.1. The lowest BCUT2D eigenvalue weighted by Crippen LogP contribution is -2.33. The number of aromatic nitrogens is 5. The number of fused-ring (bicyclic) bond motifs is 1. The Balaban J connectivity index is 2.04. The van der Waals surface area contributed by atoms with Crippen molar-refractivity contribution in [2.45, 2.75) is 24.5 Å². The van der Waals surface area contributed by atoms with Crippen LogP contribution in [0.25, 0.3) is 11.2 Å². The summed E-state index contributed by atoms with van der Waals surface area (Å²) in [5, 5.41) is 45.5. The van der Waals surface area contributed by atoms with E-state index in [4.69, 9.17) is 9.84 Å². The summed E-state index contributed by atoms with van der Waals surface area (Å²) in [6.45, 7) is -0.443. The number of ether oxygens (including phenoxy) is 1. The van der Waals surface area contributed by atoms with Crippen LogP contribution in [0.5, 0.6) is 5.88 Å². The smallest absolute Gasteiger partial charge is 0.244 e. The summed E-state index contributed by atoms with van der Waals surface area (Å²) in [7, 11) is 0. The fourth-order valence-corrected chi connectivity index (χ4v) is 2.01. The monoisotopic (exact) mass is 269 g/mol. The molecule has 19 heavy (non-hydrogen) atoms. The van der Waals surface area contributed by atoms with Gasteiger partial charge < -0.3 is 25.2 Å². The van der Waals surface area contributed by atoms with E-state index in [0.29, 0.717) is 0 Å². The summed E-state index contributed by atoms with van der Waals surface area (Å²) in [6.07, 6.45) is -3.40. The van der Waals surface area contributed by atoms with Gasteiger partial charge in [-0.15, -0.1) is 5.10 Å². The maximum Gasteiger partial charge on any atom is 0.244 e. The molecule has 0 aromatic carbocycles. The van der Waals surface area contributed by atoms with Gasteiger partial charge >= 0.3 is 0 Å². The summed E-state index contributed by atoms with van der Waals surface area (Å²) < 4.78 is 6.42. The van der Waals surface area contributed by atoms with Crippen LogP contribution in [0.15, 0.2) is 6.33 Å². The Hall–Kier alpha value is -1.88. The largest absolute Gasteiger partial charge is 0.492 e. The lowest BCUT2D eigenvalue weighted by molar-refractivity contribution is -0.0574. The molecule has 1 saturated heterocycles. The van der Waals surface area contributed by atoms with Gasteiger partial charge in [-0.3, -0.25) is 0 Å². The molecule has 4 N–H and O–H groups in total. The van der Waals surface area contributed by atoms with E-state index in [1.54, 1.807) is 0 Å². The van der Waals surface area contributed by atoms with E-state index in [-0.39, 0.29) is 17.0 Å². The second-order valence-electron chi connectivity index (χ2n) is 4.13. The van der Waals surface area contributed by atoms with Crippen LogP contribution < -0.4 is 0 Å². The highest BCUT2D eigenvalue weighted by atomic mass is 16.6. The van der Waals surface area contributed by atoms with Crippen molar-refractivity contribution in [3.63, 3.8) is 0 Å². The van der Waals surface area contributed by atoms with Crippen molar-refractivity contribution in [1.82, 2.24) is 25.0 Å². The molecule has 0 radical (unpaired) electrons. The lowest BCUT2D eigenvalue weighted by atomic mass is 10.1. The fraction of sp³-hybridized carbons (Fsp3) is 0.556. The third-order valence-electron chi connectivity index (χ3n) is 3.00. The molecule has 3 heterocycles. The van der Waals surface area contributed by atoms with E-state index in [2.05, 4.69) is 20.3 Å². The number of nitrogens with zero attached hydrogens (tertiary/aromatic N) is 5. The molecular formula is C9H11N5O5.